The standard InChI is InChI=1S/C12H20N2/c1-5-10-8-11(14-9(2)3)6-7-12(10)13-4/h6-9,13-14H,5H2,1-4H3. The fourth-order valence-corrected chi connectivity index (χ4v) is 1.55. The van der Waals surface area contributed by atoms with Crippen LogP contribution in [0.15, 0.2) is 18.2 Å². The molecule has 0 aliphatic carbocycles. The highest BCUT2D eigenvalue weighted by molar-refractivity contribution is 5.59. The quantitative estimate of drug-likeness (QED) is 0.766. The van der Waals surface area contributed by atoms with Crippen LogP contribution in [0.2, 0.25) is 0 Å². The van der Waals surface area contributed by atoms with Crippen molar-refractivity contribution in [2.24, 2.45) is 0 Å². The van der Waals surface area contributed by atoms with Crippen molar-refractivity contribution in [2.75, 3.05) is 17.7 Å². The van der Waals surface area contributed by atoms with Gasteiger partial charge in [0.15, 0.2) is 0 Å². The molecule has 1 aromatic rings. The Morgan fingerprint density at radius 1 is 1.29 bits per heavy atom. The molecule has 14 heavy (non-hydrogen) atoms. The Balaban J connectivity index is 2.89. The van der Waals surface area contributed by atoms with E-state index in [2.05, 4.69) is 49.6 Å². The van der Waals surface area contributed by atoms with Crippen molar-refractivity contribution in [3.63, 3.8) is 0 Å². The SMILES string of the molecule is CCc1cc(NC(C)C)ccc1NC. The Morgan fingerprint density at radius 3 is 2.50 bits per heavy atom. The monoisotopic (exact) mass is 192 g/mol. The van der Waals surface area contributed by atoms with E-state index in [0.29, 0.717) is 6.04 Å². The minimum Gasteiger partial charge on any atom is -0.388 e. The van der Waals surface area contributed by atoms with Crippen LogP contribution in [-0.2, 0) is 6.42 Å². The molecule has 2 nitrogen and oxygen atoms in total. The van der Waals surface area contributed by atoms with Gasteiger partial charge in [-0.3, -0.25) is 0 Å². The van der Waals surface area contributed by atoms with Gasteiger partial charge in [-0.05, 0) is 44.0 Å². The summed E-state index contributed by atoms with van der Waals surface area (Å²) in [6, 6.07) is 6.94. The van der Waals surface area contributed by atoms with E-state index < -0.39 is 0 Å². The summed E-state index contributed by atoms with van der Waals surface area (Å²) in [6.45, 7) is 6.48. The average Bonchev–Trinajstić information content (AvgIpc) is 2.16. The van der Waals surface area contributed by atoms with Crippen LogP contribution >= 0.6 is 0 Å². The fraction of sp³-hybridized carbons (Fsp3) is 0.500. The first-order valence-electron chi connectivity index (χ1n) is 5.24. The Bertz CT molecular complexity index is 292. The number of anilines is 2. The van der Waals surface area contributed by atoms with Crippen LogP contribution in [0.5, 0.6) is 0 Å². The van der Waals surface area contributed by atoms with Gasteiger partial charge in [-0.25, -0.2) is 0 Å². The van der Waals surface area contributed by atoms with Gasteiger partial charge in [0.1, 0.15) is 0 Å². The second kappa shape index (κ2) is 4.89. The summed E-state index contributed by atoms with van der Waals surface area (Å²) in [5.74, 6) is 0. The average molecular weight is 192 g/mol. The summed E-state index contributed by atoms with van der Waals surface area (Å²) in [6.07, 6.45) is 1.06. The first kappa shape index (κ1) is 10.9. The summed E-state index contributed by atoms with van der Waals surface area (Å²) in [4.78, 5) is 0. The first-order chi connectivity index (χ1) is 6.67. The molecule has 0 radical (unpaired) electrons. The highest BCUT2D eigenvalue weighted by Crippen LogP contribution is 2.21. The van der Waals surface area contributed by atoms with Gasteiger partial charge in [-0.2, -0.15) is 0 Å². The second-order valence-electron chi connectivity index (χ2n) is 3.77. The largest absolute Gasteiger partial charge is 0.388 e. The van der Waals surface area contributed by atoms with E-state index in [4.69, 9.17) is 0 Å². The minimum absolute atomic E-state index is 0.486. The molecular formula is C12H20N2. The van der Waals surface area contributed by atoms with Crippen LogP contribution in [0.25, 0.3) is 0 Å². The molecule has 0 saturated carbocycles. The maximum absolute atomic E-state index is 3.40. The number of nitrogens with one attached hydrogen (secondary N) is 2. The predicted molar refractivity (Wildman–Crippen MR) is 64.1 cm³/mol. The molecule has 0 fully saturated rings. The third-order valence-electron chi connectivity index (χ3n) is 2.21. The summed E-state index contributed by atoms with van der Waals surface area (Å²) >= 11 is 0. The minimum atomic E-state index is 0.486. The smallest absolute Gasteiger partial charge is 0.0371 e. The van der Waals surface area contributed by atoms with Crippen molar-refractivity contribution in [3.8, 4) is 0 Å². The molecule has 0 aliphatic heterocycles. The Labute approximate surface area is 86.7 Å². The van der Waals surface area contributed by atoms with Crippen LogP contribution in [0.3, 0.4) is 0 Å². The van der Waals surface area contributed by atoms with E-state index in [1.165, 1.54) is 16.9 Å². The third kappa shape index (κ3) is 2.66. The van der Waals surface area contributed by atoms with E-state index in [0.717, 1.165) is 6.42 Å². The van der Waals surface area contributed by atoms with Crippen molar-refractivity contribution >= 4 is 11.4 Å². The molecule has 0 spiro atoms. The molecule has 78 valence electrons. The van der Waals surface area contributed by atoms with Gasteiger partial charge in [-0.1, -0.05) is 6.92 Å². The van der Waals surface area contributed by atoms with Crippen molar-refractivity contribution in [2.45, 2.75) is 33.2 Å². The highest BCUT2D eigenvalue weighted by Gasteiger charge is 2.01. The van der Waals surface area contributed by atoms with Gasteiger partial charge in [0, 0.05) is 24.5 Å². The van der Waals surface area contributed by atoms with Gasteiger partial charge < -0.3 is 10.6 Å². The number of aryl methyl sites for hydroxylation is 1. The molecule has 0 heterocycles. The summed E-state index contributed by atoms with van der Waals surface area (Å²) < 4.78 is 0. The van der Waals surface area contributed by atoms with E-state index in [1.807, 2.05) is 7.05 Å². The number of hydrogen-bond donors (Lipinski definition) is 2. The lowest BCUT2D eigenvalue weighted by Crippen LogP contribution is -2.10. The lowest BCUT2D eigenvalue weighted by molar-refractivity contribution is 0.899. The van der Waals surface area contributed by atoms with Crippen molar-refractivity contribution < 1.29 is 0 Å². The lowest BCUT2D eigenvalue weighted by Gasteiger charge is -2.13. The van der Waals surface area contributed by atoms with E-state index in [1.54, 1.807) is 0 Å². The maximum Gasteiger partial charge on any atom is 0.0371 e. The lowest BCUT2D eigenvalue weighted by atomic mass is 10.1. The molecule has 0 saturated heterocycles. The maximum atomic E-state index is 3.40. The molecule has 0 aliphatic rings. The van der Waals surface area contributed by atoms with Gasteiger partial charge in [0.2, 0.25) is 0 Å². The van der Waals surface area contributed by atoms with Crippen molar-refractivity contribution in [1.82, 2.24) is 0 Å². The molecule has 0 unspecified atom stereocenters. The molecule has 2 heteroatoms. The number of hydrogen-bond acceptors (Lipinski definition) is 2. The fourth-order valence-electron chi connectivity index (χ4n) is 1.55. The first-order valence-corrected chi connectivity index (χ1v) is 5.24. The molecule has 1 rings (SSSR count). The second-order valence-corrected chi connectivity index (χ2v) is 3.77. The van der Waals surface area contributed by atoms with Crippen LogP contribution in [0.1, 0.15) is 26.3 Å². The van der Waals surface area contributed by atoms with Crippen LogP contribution < -0.4 is 10.6 Å². The third-order valence-corrected chi connectivity index (χ3v) is 2.21. The van der Waals surface area contributed by atoms with E-state index in [9.17, 15) is 0 Å². The zero-order valence-corrected chi connectivity index (χ0v) is 9.52. The van der Waals surface area contributed by atoms with Crippen LogP contribution in [0.4, 0.5) is 11.4 Å². The van der Waals surface area contributed by atoms with Gasteiger partial charge in [-0.15, -0.1) is 0 Å². The van der Waals surface area contributed by atoms with Gasteiger partial charge in [0.25, 0.3) is 0 Å². The number of rotatable bonds is 4. The van der Waals surface area contributed by atoms with E-state index in [-0.39, 0.29) is 0 Å². The molecular weight excluding hydrogens is 172 g/mol. The van der Waals surface area contributed by atoms with Gasteiger partial charge in [0.05, 0.1) is 0 Å². The zero-order chi connectivity index (χ0) is 10.6. The molecule has 2 N–H and O–H groups in total. The Kier molecular flexibility index (Phi) is 3.81. The molecule has 0 atom stereocenters. The summed E-state index contributed by atoms with van der Waals surface area (Å²) in [7, 11) is 1.96. The topological polar surface area (TPSA) is 24.1 Å². The summed E-state index contributed by atoms with van der Waals surface area (Å²) in [5, 5.41) is 6.60. The number of benzene rings is 1. The molecule has 1 aromatic carbocycles. The normalized spacial score (nSPS) is 10.4. The molecule has 0 amide bonds. The Morgan fingerprint density at radius 2 is 2.00 bits per heavy atom. The highest BCUT2D eigenvalue weighted by atomic mass is 14.9. The zero-order valence-electron chi connectivity index (χ0n) is 9.52. The van der Waals surface area contributed by atoms with Crippen LogP contribution in [0, 0.1) is 0 Å². The van der Waals surface area contributed by atoms with E-state index >= 15 is 0 Å². The van der Waals surface area contributed by atoms with Crippen molar-refractivity contribution in [3.05, 3.63) is 23.8 Å². The molecule has 0 aromatic heterocycles. The van der Waals surface area contributed by atoms with Gasteiger partial charge >= 0.3 is 0 Å². The van der Waals surface area contributed by atoms with Crippen molar-refractivity contribution in [1.29, 1.82) is 0 Å². The Hall–Kier alpha value is -1.18. The van der Waals surface area contributed by atoms with Crippen LogP contribution in [-0.4, -0.2) is 13.1 Å². The summed E-state index contributed by atoms with van der Waals surface area (Å²) in [5.41, 5.74) is 3.79. The predicted octanol–water partition coefficient (Wildman–Crippen LogP) is 3.11. The molecule has 0 bridgehead atoms.